The van der Waals surface area contributed by atoms with Crippen LogP contribution in [0.3, 0.4) is 0 Å². The minimum Gasteiger partial charge on any atom is -0.305 e. The Morgan fingerprint density at radius 2 is 1.08 bits per heavy atom. The van der Waals surface area contributed by atoms with Crippen molar-refractivity contribution in [2.24, 2.45) is 17.8 Å². The van der Waals surface area contributed by atoms with Crippen LogP contribution in [0.1, 0.15) is 97.0 Å². The van der Waals surface area contributed by atoms with E-state index < -0.39 is 0 Å². The first kappa shape index (κ1) is 22.3. The van der Waals surface area contributed by atoms with Gasteiger partial charge in [0.15, 0.2) is 0 Å². The van der Waals surface area contributed by atoms with Gasteiger partial charge in [-0.2, -0.15) is 0 Å². The first-order valence-electron chi connectivity index (χ1n) is 14.5. The zero-order chi connectivity index (χ0) is 25.5. The average Bonchev–Trinajstić information content (AvgIpc) is 3.32. The fourth-order valence-corrected chi connectivity index (χ4v) is 8.93. The summed E-state index contributed by atoms with van der Waals surface area (Å²) in [5.41, 5.74) is 8.17. The minimum atomic E-state index is 0.0220. The Bertz CT molecular complexity index is 1590. The van der Waals surface area contributed by atoms with Crippen LogP contribution in [0, 0.1) is 17.8 Å². The molecule has 0 N–H and O–H groups in total. The monoisotopic (exact) mass is 489 g/mol. The predicted octanol–water partition coefficient (Wildman–Crippen LogP) is 8.69. The third-order valence-corrected chi connectivity index (χ3v) is 10.3. The van der Waals surface area contributed by atoms with Crippen LogP contribution in [0.2, 0.25) is 0 Å². The Kier molecular flexibility index (Phi) is 4.13. The maximum Gasteiger partial charge on any atom is 0.0725 e. The smallest absolute Gasteiger partial charge is 0.0725 e. The summed E-state index contributed by atoms with van der Waals surface area (Å²) in [5, 5.41) is 5.54. The molecule has 3 nitrogen and oxygen atoms in total. The summed E-state index contributed by atoms with van der Waals surface area (Å²) in [7, 11) is 0. The van der Waals surface area contributed by atoms with E-state index in [0.29, 0.717) is 5.41 Å². The number of rotatable bonds is 1. The van der Waals surface area contributed by atoms with Crippen LogP contribution in [-0.4, -0.2) is 14.4 Å². The molecule has 4 saturated carbocycles. The summed E-state index contributed by atoms with van der Waals surface area (Å²) in [6.07, 6.45) is 12.9. The van der Waals surface area contributed by atoms with E-state index >= 15 is 0 Å². The summed E-state index contributed by atoms with van der Waals surface area (Å²) < 4.78 is 2.46. The van der Waals surface area contributed by atoms with Crippen LogP contribution < -0.4 is 0 Å². The van der Waals surface area contributed by atoms with Gasteiger partial charge in [0.2, 0.25) is 0 Å². The van der Waals surface area contributed by atoms with Gasteiger partial charge in [0, 0.05) is 43.8 Å². The van der Waals surface area contributed by atoms with Crippen LogP contribution in [-0.2, 0) is 16.2 Å². The lowest BCUT2D eigenvalue weighted by atomic mass is 9.48. The molecule has 4 bridgehead atoms. The molecule has 4 aliphatic rings. The largest absolute Gasteiger partial charge is 0.305 e. The van der Waals surface area contributed by atoms with Gasteiger partial charge >= 0.3 is 0 Å². The van der Waals surface area contributed by atoms with E-state index in [0.717, 1.165) is 17.8 Å². The van der Waals surface area contributed by atoms with E-state index in [9.17, 15) is 0 Å². The molecule has 0 amide bonds. The number of hydrogen-bond acceptors (Lipinski definition) is 2. The van der Waals surface area contributed by atoms with Crippen LogP contribution in [0.25, 0.3) is 38.1 Å². The highest BCUT2D eigenvalue weighted by molar-refractivity contribution is 6.23. The van der Waals surface area contributed by atoms with E-state index in [4.69, 9.17) is 9.97 Å². The quantitative estimate of drug-likeness (QED) is 0.236. The number of nitrogens with zero attached hydrogens (tertiary/aromatic N) is 3. The Morgan fingerprint density at radius 1 is 0.649 bits per heavy atom. The molecular weight excluding hydrogens is 450 g/mol. The second-order valence-electron chi connectivity index (χ2n) is 15.1. The molecule has 9 rings (SSSR count). The summed E-state index contributed by atoms with van der Waals surface area (Å²) >= 11 is 0. The minimum absolute atomic E-state index is 0.0220. The van der Waals surface area contributed by atoms with Crippen molar-refractivity contribution >= 4 is 38.1 Å². The molecule has 3 heteroatoms. The maximum absolute atomic E-state index is 4.97. The number of aromatic nitrogens is 3. The van der Waals surface area contributed by atoms with Crippen LogP contribution in [0.15, 0.2) is 36.7 Å². The van der Waals surface area contributed by atoms with Crippen LogP contribution in [0.5, 0.6) is 0 Å². The summed E-state index contributed by atoms with van der Waals surface area (Å²) in [4.78, 5) is 9.94. The summed E-state index contributed by atoms with van der Waals surface area (Å²) in [5.74, 6) is 2.83. The van der Waals surface area contributed by atoms with Crippen molar-refractivity contribution in [2.75, 3.05) is 0 Å². The molecular formula is C34H39N3. The fourth-order valence-electron chi connectivity index (χ4n) is 8.93. The highest BCUT2D eigenvalue weighted by atomic mass is 14.9. The molecule has 5 aromatic rings. The molecule has 37 heavy (non-hydrogen) atoms. The first-order valence-corrected chi connectivity index (χ1v) is 14.5. The van der Waals surface area contributed by atoms with Crippen molar-refractivity contribution < 1.29 is 0 Å². The lowest BCUT2D eigenvalue weighted by Gasteiger charge is -2.57. The fraction of sp³-hybridized carbons (Fsp3) is 0.529. The van der Waals surface area contributed by atoms with Gasteiger partial charge in [0.05, 0.1) is 28.9 Å². The highest BCUT2D eigenvalue weighted by Crippen LogP contribution is 2.61. The van der Waals surface area contributed by atoms with Gasteiger partial charge in [-0.3, -0.25) is 9.97 Å². The van der Waals surface area contributed by atoms with Gasteiger partial charge in [-0.25, -0.2) is 0 Å². The number of fused-ring (bicyclic) bond motifs is 6. The van der Waals surface area contributed by atoms with E-state index in [2.05, 4.69) is 82.6 Å². The van der Waals surface area contributed by atoms with E-state index in [-0.39, 0.29) is 10.8 Å². The van der Waals surface area contributed by atoms with Crippen molar-refractivity contribution in [3.63, 3.8) is 0 Å². The van der Waals surface area contributed by atoms with Gasteiger partial charge in [0.1, 0.15) is 0 Å². The van der Waals surface area contributed by atoms with E-state index in [1.807, 2.05) is 0 Å². The summed E-state index contributed by atoms with van der Waals surface area (Å²) in [6.45, 7) is 13.6. The molecule has 0 radical (unpaired) electrons. The Morgan fingerprint density at radius 3 is 1.49 bits per heavy atom. The van der Waals surface area contributed by atoms with Gasteiger partial charge in [0.25, 0.3) is 0 Å². The molecule has 4 heterocycles. The van der Waals surface area contributed by atoms with Gasteiger partial charge in [-0.15, -0.1) is 0 Å². The van der Waals surface area contributed by atoms with Crippen molar-refractivity contribution in [3.8, 4) is 0 Å². The second-order valence-corrected chi connectivity index (χ2v) is 15.1. The second kappa shape index (κ2) is 6.84. The lowest BCUT2D eigenvalue weighted by Crippen LogP contribution is -2.48. The van der Waals surface area contributed by atoms with E-state index in [1.165, 1.54) is 88.0 Å². The number of benzene rings is 1. The Hall–Kier alpha value is -2.68. The standard InChI is InChI=1S/C34H39N3/c1-32(2,3)29-12-23-25-10-22(34-14-19-7-20(15-34)9-21(8-19)16-34)11-26-24-13-30(33(4,5)6)36-18-28(24)37(31(25)26)27(23)17-35-29/h10-13,17-21H,7-9,14-16H2,1-6H3. The molecule has 0 saturated heterocycles. The molecule has 0 atom stereocenters. The van der Waals surface area contributed by atoms with Crippen molar-refractivity contribution in [1.29, 1.82) is 0 Å². The molecule has 0 unspecified atom stereocenters. The summed E-state index contributed by atoms with van der Waals surface area (Å²) in [6, 6.07) is 9.98. The topological polar surface area (TPSA) is 30.2 Å². The normalized spacial score (nSPS) is 28.0. The van der Waals surface area contributed by atoms with Gasteiger partial charge < -0.3 is 4.40 Å². The molecule has 4 fully saturated rings. The SMILES string of the molecule is CC(C)(C)c1cc2c3cc(C45CC6CC(CC(C6)C4)C5)cc4c5cc(C(C)(C)C)ncc5n(c2cn1)c34. The highest BCUT2D eigenvalue weighted by Gasteiger charge is 2.51. The van der Waals surface area contributed by atoms with Crippen molar-refractivity contribution in [3.05, 3.63) is 53.6 Å². The molecule has 4 aliphatic carbocycles. The average molecular weight is 490 g/mol. The number of pyridine rings is 2. The molecule has 0 aliphatic heterocycles. The molecule has 4 aromatic heterocycles. The van der Waals surface area contributed by atoms with E-state index in [1.54, 1.807) is 5.56 Å². The van der Waals surface area contributed by atoms with Gasteiger partial charge in [-0.1, -0.05) is 41.5 Å². The molecule has 0 spiro atoms. The van der Waals surface area contributed by atoms with Crippen molar-refractivity contribution in [1.82, 2.24) is 14.4 Å². The zero-order valence-electron chi connectivity index (χ0n) is 23.3. The lowest BCUT2D eigenvalue weighted by molar-refractivity contribution is -0.00508. The number of hydrogen-bond donors (Lipinski definition) is 0. The zero-order valence-corrected chi connectivity index (χ0v) is 23.3. The van der Waals surface area contributed by atoms with Crippen molar-refractivity contribution in [2.45, 2.75) is 96.3 Å². The van der Waals surface area contributed by atoms with Crippen LogP contribution >= 0.6 is 0 Å². The third kappa shape index (κ3) is 3.00. The predicted molar refractivity (Wildman–Crippen MR) is 154 cm³/mol. The molecule has 190 valence electrons. The van der Waals surface area contributed by atoms with Gasteiger partial charge in [-0.05, 0) is 91.5 Å². The van der Waals surface area contributed by atoms with Crippen LogP contribution in [0.4, 0.5) is 0 Å². The maximum atomic E-state index is 4.97. The molecule has 1 aromatic carbocycles. The first-order chi connectivity index (χ1) is 17.5. The third-order valence-electron chi connectivity index (χ3n) is 10.3. The Balaban J connectivity index is 1.49. The Labute approximate surface area is 220 Å².